The smallest absolute Gasteiger partial charge is 0.0541 e. The second-order valence-electron chi connectivity index (χ2n) is 13.4. The van der Waals surface area contributed by atoms with Crippen molar-refractivity contribution >= 4 is 75.9 Å². The molecular weight excluding hydrogens is 605 g/mol. The van der Waals surface area contributed by atoms with Crippen molar-refractivity contribution in [2.75, 3.05) is 0 Å². The summed E-state index contributed by atoms with van der Waals surface area (Å²) >= 11 is 0. The van der Waals surface area contributed by atoms with Crippen molar-refractivity contribution in [1.29, 1.82) is 0 Å². The highest BCUT2D eigenvalue weighted by molar-refractivity contribution is 6.14. The van der Waals surface area contributed by atoms with Crippen LogP contribution in [0.2, 0.25) is 0 Å². The monoisotopic (exact) mass is 634 g/mol. The maximum atomic E-state index is 2.43. The van der Waals surface area contributed by atoms with Crippen LogP contribution in [0.1, 0.15) is 0 Å². The van der Waals surface area contributed by atoms with Crippen molar-refractivity contribution in [2.24, 2.45) is 0 Å². The predicted molar refractivity (Wildman–Crippen MR) is 213 cm³/mol. The van der Waals surface area contributed by atoms with Crippen LogP contribution in [0.5, 0.6) is 0 Å². The van der Waals surface area contributed by atoms with Crippen LogP contribution in [0.15, 0.2) is 182 Å². The van der Waals surface area contributed by atoms with Gasteiger partial charge in [0.25, 0.3) is 0 Å². The number of nitrogens with zero attached hydrogens (tertiary/aromatic N) is 2. The van der Waals surface area contributed by atoms with E-state index in [0.717, 1.165) is 0 Å². The fraction of sp³-hybridized carbons (Fsp3) is 0. The van der Waals surface area contributed by atoms with E-state index in [1.54, 1.807) is 0 Å². The highest BCUT2D eigenvalue weighted by Crippen LogP contribution is 2.39. The summed E-state index contributed by atoms with van der Waals surface area (Å²) in [6, 6.07) is 66.8. The molecule has 11 aromatic rings. The first kappa shape index (κ1) is 27.3. The number of benzene rings is 9. The molecule has 0 saturated carbocycles. The number of para-hydroxylation sites is 2. The van der Waals surface area contributed by atoms with Gasteiger partial charge in [0.1, 0.15) is 0 Å². The van der Waals surface area contributed by atoms with E-state index < -0.39 is 0 Å². The molecule has 0 spiro atoms. The van der Waals surface area contributed by atoms with Gasteiger partial charge in [0, 0.05) is 32.6 Å². The number of rotatable bonds is 3. The van der Waals surface area contributed by atoms with Crippen molar-refractivity contribution in [3.63, 3.8) is 0 Å². The third kappa shape index (κ3) is 3.90. The molecule has 0 atom stereocenters. The summed E-state index contributed by atoms with van der Waals surface area (Å²) in [5.41, 5.74) is 9.68. The Morgan fingerprint density at radius 3 is 1.48 bits per heavy atom. The molecule has 2 nitrogen and oxygen atoms in total. The normalized spacial score (nSPS) is 12.0. The molecule has 2 heterocycles. The maximum absolute atomic E-state index is 2.43. The van der Waals surface area contributed by atoms with E-state index in [0.29, 0.717) is 0 Å². The van der Waals surface area contributed by atoms with E-state index in [1.807, 2.05) is 0 Å². The lowest BCUT2D eigenvalue weighted by Crippen LogP contribution is -1.95. The molecule has 0 radical (unpaired) electrons. The molecule has 9 aromatic carbocycles. The number of hydrogen-bond donors (Lipinski definition) is 0. The van der Waals surface area contributed by atoms with Gasteiger partial charge in [0.05, 0.1) is 27.8 Å². The Labute approximate surface area is 288 Å². The van der Waals surface area contributed by atoms with Crippen LogP contribution in [-0.2, 0) is 0 Å². The minimum atomic E-state index is 1.18. The van der Waals surface area contributed by atoms with Crippen molar-refractivity contribution in [3.8, 4) is 22.5 Å². The van der Waals surface area contributed by atoms with Crippen molar-refractivity contribution in [2.45, 2.75) is 0 Å². The highest BCUT2D eigenvalue weighted by atomic mass is 15.0. The lowest BCUT2D eigenvalue weighted by atomic mass is 10.0. The van der Waals surface area contributed by atoms with Crippen molar-refractivity contribution in [1.82, 2.24) is 9.13 Å². The molecule has 0 bridgehead atoms. The lowest BCUT2D eigenvalue weighted by molar-refractivity contribution is 1.19. The Morgan fingerprint density at radius 2 is 0.760 bits per heavy atom. The SMILES string of the molecule is c1ccc2c(-n3c4ccccc4c4cc(-c5ccc6c(c5)c5ccccc5n6-c5ccc6c(ccc7ccccc76)c5)ccc43)cccc2c1. The summed E-state index contributed by atoms with van der Waals surface area (Å²) in [7, 11) is 0. The second-order valence-corrected chi connectivity index (χ2v) is 13.4. The van der Waals surface area contributed by atoms with Crippen molar-refractivity contribution in [3.05, 3.63) is 182 Å². The summed E-state index contributed by atoms with van der Waals surface area (Å²) < 4.78 is 4.85. The first-order valence-electron chi connectivity index (χ1n) is 17.3. The molecule has 0 aliphatic rings. The third-order valence-corrected chi connectivity index (χ3v) is 10.7. The average molecular weight is 635 g/mol. The fourth-order valence-corrected chi connectivity index (χ4v) is 8.39. The molecule has 11 rings (SSSR count). The minimum Gasteiger partial charge on any atom is -0.309 e. The van der Waals surface area contributed by atoms with Gasteiger partial charge in [-0.05, 0) is 92.7 Å². The molecule has 0 saturated heterocycles. The molecule has 0 amide bonds. The zero-order chi connectivity index (χ0) is 32.8. The van der Waals surface area contributed by atoms with Crippen LogP contribution in [0.25, 0.3) is 98.4 Å². The van der Waals surface area contributed by atoms with Gasteiger partial charge in [-0.2, -0.15) is 0 Å². The molecule has 0 aliphatic carbocycles. The van der Waals surface area contributed by atoms with Gasteiger partial charge in [0.2, 0.25) is 0 Å². The summed E-state index contributed by atoms with van der Waals surface area (Å²) in [6.07, 6.45) is 0. The van der Waals surface area contributed by atoms with Crippen LogP contribution in [0.3, 0.4) is 0 Å². The Hall–Kier alpha value is -6.64. The highest BCUT2D eigenvalue weighted by Gasteiger charge is 2.17. The Balaban J connectivity index is 1.10. The van der Waals surface area contributed by atoms with Crippen molar-refractivity contribution < 1.29 is 0 Å². The van der Waals surface area contributed by atoms with Gasteiger partial charge in [-0.15, -0.1) is 0 Å². The molecule has 0 N–H and O–H groups in total. The molecule has 2 heteroatoms. The van der Waals surface area contributed by atoms with Crippen LogP contribution >= 0.6 is 0 Å². The number of aromatic nitrogens is 2. The fourth-order valence-electron chi connectivity index (χ4n) is 8.39. The van der Waals surface area contributed by atoms with E-state index >= 15 is 0 Å². The zero-order valence-electron chi connectivity index (χ0n) is 27.2. The molecule has 0 aliphatic heterocycles. The lowest BCUT2D eigenvalue weighted by Gasteiger charge is -2.12. The molecule has 50 heavy (non-hydrogen) atoms. The van der Waals surface area contributed by atoms with Gasteiger partial charge >= 0.3 is 0 Å². The Kier molecular flexibility index (Phi) is 5.70. The molecule has 0 unspecified atom stereocenters. The van der Waals surface area contributed by atoms with Gasteiger partial charge in [-0.3, -0.25) is 0 Å². The summed E-state index contributed by atoms with van der Waals surface area (Å²) in [5.74, 6) is 0. The average Bonchev–Trinajstić information content (AvgIpc) is 3.69. The standard InChI is InChI=1S/C48H30N2/c1-3-13-37-32(11-1)20-21-35-28-36(24-25-38(35)37)49-45-17-7-5-15-40(45)42-29-33(22-26-47(42)49)34-23-27-48-43(30-34)41-16-6-8-18-46(41)50(48)44-19-9-12-31-10-2-4-14-39(31)44/h1-30H. The molecular formula is C48H30N2. The first-order chi connectivity index (χ1) is 24.8. The van der Waals surface area contributed by atoms with Crippen LogP contribution in [-0.4, -0.2) is 9.13 Å². The van der Waals surface area contributed by atoms with E-state index in [-0.39, 0.29) is 0 Å². The number of hydrogen-bond acceptors (Lipinski definition) is 0. The van der Waals surface area contributed by atoms with E-state index in [4.69, 9.17) is 0 Å². The Bertz CT molecular complexity index is 3150. The Morgan fingerprint density at radius 1 is 0.260 bits per heavy atom. The second kappa shape index (κ2) is 10.4. The zero-order valence-corrected chi connectivity index (χ0v) is 27.2. The van der Waals surface area contributed by atoms with Crippen LogP contribution < -0.4 is 0 Å². The minimum absolute atomic E-state index is 1.18. The van der Waals surface area contributed by atoms with Crippen LogP contribution in [0, 0.1) is 0 Å². The molecule has 2 aromatic heterocycles. The van der Waals surface area contributed by atoms with E-state index in [9.17, 15) is 0 Å². The maximum Gasteiger partial charge on any atom is 0.0541 e. The van der Waals surface area contributed by atoms with E-state index in [2.05, 4.69) is 191 Å². The van der Waals surface area contributed by atoms with Gasteiger partial charge in [-0.1, -0.05) is 127 Å². The van der Waals surface area contributed by atoms with E-state index in [1.165, 1.54) is 98.4 Å². The van der Waals surface area contributed by atoms with Gasteiger partial charge < -0.3 is 9.13 Å². The summed E-state index contributed by atoms with van der Waals surface area (Å²) in [5, 5.41) is 12.6. The number of fused-ring (bicyclic) bond motifs is 10. The predicted octanol–water partition coefficient (Wildman–Crippen LogP) is 13.0. The van der Waals surface area contributed by atoms with Gasteiger partial charge in [-0.25, -0.2) is 0 Å². The largest absolute Gasteiger partial charge is 0.309 e. The summed E-state index contributed by atoms with van der Waals surface area (Å²) in [6.45, 7) is 0. The molecule has 232 valence electrons. The van der Waals surface area contributed by atoms with Gasteiger partial charge in [0.15, 0.2) is 0 Å². The molecule has 0 fully saturated rings. The quantitative estimate of drug-likeness (QED) is 0.171. The van der Waals surface area contributed by atoms with Crippen LogP contribution in [0.4, 0.5) is 0 Å². The summed E-state index contributed by atoms with van der Waals surface area (Å²) in [4.78, 5) is 0. The topological polar surface area (TPSA) is 9.86 Å². The third-order valence-electron chi connectivity index (χ3n) is 10.7. The first-order valence-corrected chi connectivity index (χ1v) is 17.3.